The van der Waals surface area contributed by atoms with E-state index in [0.29, 0.717) is 12.0 Å². The second-order valence-corrected chi connectivity index (χ2v) is 9.17. The number of nitrogens with one attached hydrogen (secondary N) is 3. The summed E-state index contributed by atoms with van der Waals surface area (Å²) < 4.78 is 0. The topological polar surface area (TPSA) is 96.2 Å². The third-order valence-electron chi connectivity index (χ3n) is 6.50. The van der Waals surface area contributed by atoms with Crippen LogP contribution in [0.3, 0.4) is 0 Å². The van der Waals surface area contributed by atoms with Gasteiger partial charge in [0, 0.05) is 40.6 Å². The number of benzene rings is 1. The number of hydrogen-bond donors (Lipinski definition) is 4. The zero-order valence-electron chi connectivity index (χ0n) is 16.3. The van der Waals surface area contributed by atoms with Crippen LogP contribution in [0.1, 0.15) is 56.5 Å². The molecule has 1 fully saturated rings. The Labute approximate surface area is 159 Å². The summed E-state index contributed by atoms with van der Waals surface area (Å²) in [6.45, 7) is 8.54. The zero-order chi connectivity index (χ0) is 19.6. The van der Waals surface area contributed by atoms with E-state index in [2.05, 4.69) is 43.9 Å². The van der Waals surface area contributed by atoms with Gasteiger partial charge in [-0.2, -0.15) is 0 Å². The smallest absolute Gasteiger partial charge is 0.248 e. The molecule has 0 bridgehead atoms. The number of nitrogens with two attached hydrogens (primary N) is 1. The van der Waals surface area contributed by atoms with E-state index in [1.807, 2.05) is 18.2 Å². The molecule has 2 aliphatic heterocycles. The number of ketones is 1. The van der Waals surface area contributed by atoms with E-state index < -0.39 is 11.3 Å². The molecule has 6 heteroatoms. The molecule has 4 unspecified atom stereocenters. The van der Waals surface area contributed by atoms with E-state index in [-0.39, 0.29) is 29.3 Å². The van der Waals surface area contributed by atoms with Crippen molar-refractivity contribution in [2.24, 2.45) is 17.1 Å². The van der Waals surface area contributed by atoms with Gasteiger partial charge in [-0.1, -0.05) is 32.9 Å². The molecule has 0 spiro atoms. The first-order chi connectivity index (χ1) is 12.6. The summed E-state index contributed by atoms with van der Waals surface area (Å²) in [5.41, 5.74) is 14.9. The van der Waals surface area contributed by atoms with Crippen LogP contribution < -0.4 is 21.9 Å². The first-order valence-electron chi connectivity index (χ1n) is 9.58. The van der Waals surface area contributed by atoms with Crippen LogP contribution in [0.5, 0.6) is 0 Å². The van der Waals surface area contributed by atoms with Crippen LogP contribution in [0.25, 0.3) is 0 Å². The number of fused-ring (bicyclic) bond motifs is 1. The highest BCUT2D eigenvalue weighted by molar-refractivity contribution is 6.00. The minimum Gasteiger partial charge on any atom is -0.371 e. The standard InChI is InChI=1S/C21H28N4O2/c1-11-16-19(25-24-11)23-14-9-20(2,3)10-15(26)17(14)21(16,4)13-7-5-6-12(8-13)18(22)27/h5-8,11,16,19,23-25H,9-10H2,1-4H3,(H2,22,27). The Balaban J connectivity index is 1.94. The van der Waals surface area contributed by atoms with Gasteiger partial charge < -0.3 is 11.1 Å². The molecule has 1 aromatic rings. The van der Waals surface area contributed by atoms with Gasteiger partial charge in [0.1, 0.15) is 0 Å². The number of carbonyl (C=O) groups is 2. The molecule has 0 aromatic heterocycles. The largest absolute Gasteiger partial charge is 0.371 e. The van der Waals surface area contributed by atoms with Crippen molar-refractivity contribution in [1.29, 1.82) is 0 Å². The van der Waals surface area contributed by atoms with Crippen LogP contribution in [-0.4, -0.2) is 23.9 Å². The molecule has 0 saturated carbocycles. The molecule has 0 radical (unpaired) electrons. The molecule has 1 aromatic carbocycles. The highest BCUT2D eigenvalue weighted by Crippen LogP contribution is 2.52. The summed E-state index contributed by atoms with van der Waals surface area (Å²) in [7, 11) is 0. The quantitative estimate of drug-likeness (QED) is 0.638. The average molecular weight is 368 g/mol. The van der Waals surface area contributed by atoms with Gasteiger partial charge in [0.25, 0.3) is 0 Å². The first kappa shape index (κ1) is 18.2. The Bertz CT molecular complexity index is 859. The van der Waals surface area contributed by atoms with Gasteiger partial charge in [0.05, 0.1) is 6.17 Å². The number of allylic oxidation sites excluding steroid dienone is 2. The van der Waals surface area contributed by atoms with Gasteiger partial charge in [0.15, 0.2) is 5.78 Å². The van der Waals surface area contributed by atoms with Gasteiger partial charge in [-0.25, -0.2) is 5.43 Å². The zero-order valence-corrected chi connectivity index (χ0v) is 16.3. The van der Waals surface area contributed by atoms with E-state index in [9.17, 15) is 9.59 Å². The van der Waals surface area contributed by atoms with Gasteiger partial charge in [-0.05, 0) is 36.5 Å². The molecule has 1 aliphatic carbocycles. The summed E-state index contributed by atoms with van der Waals surface area (Å²) in [6.07, 6.45) is 1.38. The number of hydrazine groups is 1. The molecule has 5 N–H and O–H groups in total. The number of hydrogen-bond acceptors (Lipinski definition) is 5. The minimum absolute atomic E-state index is 0.0164. The van der Waals surface area contributed by atoms with E-state index in [1.165, 1.54) is 0 Å². The fraction of sp³-hybridized carbons (Fsp3) is 0.524. The minimum atomic E-state index is -0.514. The Morgan fingerprint density at radius 3 is 2.63 bits per heavy atom. The highest BCUT2D eigenvalue weighted by Gasteiger charge is 2.56. The molecule has 144 valence electrons. The van der Waals surface area contributed by atoms with Crippen molar-refractivity contribution in [3.63, 3.8) is 0 Å². The second kappa shape index (κ2) is 5.91. The van der Waals surface area contributed by atoms with Crippen LogP contribution in [0.15, 0.2) is 35.5 Å². The maximum Gasteiger partial charge on any atom is 0.248 e. The van der Waals surface area contributed by atoms with Gasteiger partial charge in [0.2, 0.25) is 5.91 Å². The monoisotopic (exact) mass is 368 g/mol. The van der Waals surface area contributed by atoms with Crippen LogP contribution in [0, 0.1) is 11.3 Å². The van der Waals surface area contributed by atoms with Crippen molar-refractivity contribution < 1.29 is 9.59 Å². The number of rotatable bonds is 2. The number of carbonyl (C=O) groups excluding carboxylic acids is 2. The summed E-state index contributed by atoms with van der Waals surface area (Å²) in [5.74, 6) is -0.144. The lowest BCUT2D eigenvalue weighted by Gasteiger charge is -2.50. The van der Waals surface area contributed by atoms with Crippen molar-refractivity contribution in [2.45, 2.75) is 58.2 Å². The number of Topliss-reactive ketones (excluding diaryl/α,β-unsaturated/α-hetero) is 1. The highest BCUT2D eigenvalue weighted by atomic mass is 16.1. The lowest BCUT2D eigenvalue weighted by atomic mass is 9.57. The van der Waals surface area contributed by atoms with E-state index in [4.69, 9.17) is 5.73 Å². The van der Waals surface area contributed by atoms with Crippen molar-refractivity contribution in [3.05, 3.63) is 46.7 Å². The predicted molar refractivity (Wildman–Crippen MR) is 104 cm³/mol. The van der Waals surface area contributed by atoms with Crippen LogP contribution in [0.4, 0.5) is 0 Å². The molecule has 6 nitrogen and oxygen atoms in total. The lowest BCUT2D eigenvalue weighted by molar-refractivity contribution is -0.119. The van der Waals surface area contributed by atoms with Crippen molar-refractivity contribution >= 4 is 11.7 Å². The van der Waals surface area contributed by atoms with Gasteiger partial charge >= 0.3 is 0 Å². The van der Waals surface area contributed by atoms with Crippen molar-refractivity contribution in [2.75, 3.05) is 0 Å². The van der Waals surface area contributed by atoms with Crippen LogP contribution in [0.2, 0.25) is 0 Å². The van der Waals surface area contributed by atoms with Crippen molar-refractivity contribution in [3.8, 4) is 0 Å². The Hall–Kier alpha value is -2.18. The van der Waals surface area contributed by atoms with E-state index >= 15 is 0 Å². The maximum atomic E-state index is 13.3. The normalized spacial score (nSPS) is 34.7. The SMILES string of the molecule is CC1NNC2NC3=C(C(=O)CC(C)(C)C3)C(C)(c3cccc(C(N)=O)c3)C12. The fourth-order valence-corrected chi connectivity index (χ4v) is 5.38. The average Bonchev–Trinajstić information content (AvgIpc) is 2.94. The molecule has 1 amide bonds. The van der Waals surface area contributed by atoms with Crippen LogP contribution >= 0.6 is 0 Å². The summed E-state index contributed by atoms with van der Waals surface area (Å²) >= 11 is 0. The number of primary amides is 1. The Morgan fingerprint density at radius 1 is 1.19 bits per heavy atom. The maximum absolute atomic E-state index is 13.3. The molecule has 4 rings (SSSR count). The van der Waals surface area contributed by atoms with Crippen molar-refractivity contribution in [1.82, 2.24) is 16.2 Å². The summed E-state index contributed by atoms with van der Waals surface area (Å²) in [4.78, 5) is 25.1. The van der Waals surface area contributed by atoms with Gasteiger partial charge in [-0.15, -0.1) is 0 Å². The summed E-state index contributed by atoms with van der Waals surface area (Å²) in [6, 6.07) is 7.60. The Kier molecular flexibility index (Phi) is 3.98. The molecule has 27 heavy (non-hydrogen) atoms. The Morgan fingerprint density at radius 2 is 1.93 bits per heavy atom. The molecule has 3 aliphatic rings. The third kappa shape index (κ3) is 2.70. The van der Waals surface area contributed by atoms with E-state index in [1.54, 1.807) is 6.07 Å². The third-order valence-corrected chi connectivity index (χ3v) is 6.50. The van der Waals surface area contributed by atoms with Gasteiger partial charge in [-0.3, -0.25) is 15.0 Å². The first-order valence-corrected chi connectivity index (χ1v) is 9.58. The molecule has 2 heterocycles. The molecular weight excluding hydrogens is 340 g/mol. The lowest BCUT2D eigenvalue weighted by Crippen LogP contribution is -2.58. The molecule has 4 atom stereocenters. The number of amides is 1. The summed E-state index contributed by atoms with van der Waals surface area (Å²) in [5, 5.41) is 3.59. The second-order valence-electron chi connectivity index (χ2n) is 9.17. The fourth-order valence-electron chi connectivity index (χ4n) is 5.38. The molecular formula is C21H28N4O2. The molecule has 1 saturated heterocycles. The van der Waals surface area contributed by atoms with Crippen LogP contribution in [-0.2, 0) is 10.2 Å². The van der Waals surface area contributed by atoms with E-state index in [0.717, 1.165) is 23.3 Å². The predicted octanol–water partition coefficient (Wildman–Crippen LogP) is 1.73.